The van der Waals surface area contributed by atoms with Crippen molar-refractivity contribution >= 4 is 11.3 Å². The Balaban J connectivity index is 1.49. The number of hydrogen-bond acceptors (Lipinski definition) is 3. The van der Waals surface area contributed by atoms with Crippen molar-refractivity contribution in [1.29, 1.82) is 0 Å². The van der Waals surface area contributed by atoms with Crippen molar-refractivity contribution in [3.63, 3.8) is 0 Å². The average Bonchev–Trinajstić information content (AvgIpc) is 3.09. The first-order chi connectivity index (χ1) is 11.7. The van der Waals surface area contributed by atoms with Gasteiger partial charge in [0, 0.05) is 12.7 Å². The summed E-state index contributed by atoms with van der Waals surface area (Å²) in [5, 5.41) is 4.72. The van der Waals surface area contributed by atoms with Crippen molar-refractivity contribution in [3.05, 3.63) is 52.7 Å². The third kappa shape index (κ3) is 4.78. The largest absolute Gasteiger partial charge is 0.310 e. The van der Waals surface area contributed by atoms with Crippen LogP contribution in [0.15, 0.2) is 42.1 Å². The number of nitrogens with zero attached hydrogens (tertiary/aromatic N) is 1. The van der Waals surface area contributed by atoms with Crippen LogP contribution in [0.1, 0.15) is 62.4 Å². The minimum Gasteiger partial charge on any atom is -0.310 e. The Hall–Kier alpha value is -1.45. The summed E-state index contributed by atoms with van der Waals surface area (Å²) in [6.45, 7) is 6.40. The second-order valence-corrected chi connectivity index (χ2v) is 8.05. The predicted octanol–water partition coefficient (Wildman–Crippen LogP) is 5.91. The van der Waals surface area contributed by atoms with E-state index in [-0.39, 0.29) is 0 Å². The fraction of sp³-hybridized carbons (Fsp3) is 0.476. The molecule has 0 amide bonds. The van der Waals surface area contributed by atoms with E-state index in [0.29, 0.717) is 5.92 Å². The lowest BCUT2D eigenvalue weighted by atomic mass is 9.97. The van der Waals surface area contributed by atoms with Crippen LogP contribution in [0.3, 0.4) is 0 Å². The standard InChI is InChI=1S/C21H28N2S/c1-16(2)18-8-10-19(11-9-18)20-14-23-21(24-20)15-22-13-12-17-6-4-3-5-7-17/h6,8-11,14,16,22H,3-5,7,12-13,15H2,1-2H3. The van der Waals surface area contributed by atoms with Crippen LogP contribution in [0.25, 0.3) is 10.4 Å². The molecule has 0 radical (unpaired) electrons. The second-order valence-electron chi connectivity index (χ2n) is 6.93. The molecule has 0 saturated heterocycles. The zero-order valence-corrected chi connectivity index (χ0v) is 15.7. The molecule has 0 spiro atoms. The van der Waals surface area contributed by atoms with Gasteiger partial charge < -0.3 is 5.32 Å². The fourth-order valence-electron chi connectivity index (χ4n) is 3.13. The summed E-state index contributed by atoms with van der Waals surface area (Å²) >= 11 is 1.80. The van der Waals surface area contributed by atoms with E-state index in [9.17, 15) is 0 Å². The summed E-state index contributed by atoms with van der Waals surface area (Å²) in [5.41, 5.74) is 4.30. The summed E-state index contributed by atoms with van der Waals surface area (Å²) in [6.07, 6.45) is 11.0. The normalized spacial score (nSPS) is 14.9. The van der Waals surface area contributed by atoms with Crippen LogP contribution in [0, 0.1) is 0 Å². The van der Waals surface area contributed by atoms with E-state index < -0.39 is 0 Å². The van der Waals surface area contributed by atoms with Gasteiger partial charge in [0.2, 0.25) is 0 Å². The van der Waals surface area contributed by atoms with Gasteiger partial charge in [-0.15, -0.1) is 11.3 Å². The van der Waals surface area contributed by atoms with Crippen molar-refractivity contribution in [2.45, 2.75) is 58.4 Å². The maximum Gasteiger partial charge on any atom is 0.107 e. The lowest BCUT2D eigenvalue weighted by Gasteiger charge is -2.12. The smallest absolute Gasteiger partial charge is 0.107 e. The lowest BCUT2D eigenvalue weighted by molar-refractivity contribution is 0.631. The highest BCUT2D eigenvalue weighted by Gasteiger charge is 2.07. The van der Waals surface area contributed by atoms with E-state index in [1.807, 2.05) is 6.20 Å². The Labute approximate surface area is 150 Å². The van der Waals surface area contributed by atoms with Crippen molar-refractivity contribution in [2.24, 2.45) is 0 Å². The molecule has 1 heterocycles. The van der Waals surface area contributed by atoms with Gasteiger partial charge in [0.1, 0.15) is 5.01 Å². The minimum atomic E-state index is 0.583. The third-order valence-electron chi connectivity index (χ3n) is 4.70. The van der Waals surface area contributed by atoms with Crippen LogP contribution in [0.4, 0.5) is 0 Å². The van der Waals surface area contributed by atoms with Crippen LogP contribution in [0.5, 0.6) is 0 Å². The Morgan fingerprint density at radius 1 is 1.17 bits per heavy atom. The van der Waals surface area contributed by atoms with Crippen molar-refractivity contribution in [1.82, 2.24) is 10.3 Å². The maximum atomic E-state index is 4.58. The molecule has 0 bridgehead atoms. The molecule has 3 rings (SSSR count). The van der Waals surface area contributed by atoms with Crippen molar-refractivity contribution in [2.75, 3.05) is 6.54 Å². The maximum absolute atomic E-state index is 4.58. The molecule has 1 aromatic heterocycles. The molecule has 1 aromatic carbocycles. The number of thiazole rings is 1. The first kappa shape index (κ1) is 17.4. The van der Waals surface area contributed by atoms with Crippen LogP contribution in [-0.2, 0) is 6.54 Å². The van der Waals surface area contributed by atoms with E-state index in [2.05, 4.69) is 54.5 Å². The Morgan fingerprint density at radius 2 is 2.00 bits per heavy atom. The molecule has 0 unspecified atom stereocenters. The Kier molecular flexibility index (Phi) is 6.22. The number of aromatic nitrogens is 1. The van der Waals surface area contributed by atoms with E-state index in [0.717, 1.165) is 13.1 Å². The molecule has 2 aromatic rings. The van der Waals surface area contributed by atoms with Crippen LogP contribution < -0.4 is 5.32 Å². The fourth-order valence-corrected chi connectivity index (χ4v) is 4.03. The number of allylic oxidation sites excluding steroid dienone is 1. The number of rotatable bonds is 7. The Bertz CT molecular complexity index is 667. The SMILES string of the molecule is CC(C)c1ccc(-c2cnc(CNCCC3=CCCCC3)s2)cc1. The van der Waals surface area contributed by atoms with Gasteiger partial charge in [0.05, 0.1) is 4.88 Å². The first-order valence-corrected chi connectivity index (χ1v) is 9.97. The summed E-state index contributed by atoms with van der Waals surface area (Å²) in [7, 11) is 0. The van der Waals surface area contributed by atoms with Gasteiger partial charge >= 0.3 is 0 Å². The van der Waals surface area contributed by atoms with Crippen molar-refractivity contribution in [3.8, 4) is 10.4 Å². The molecule has 1 aliphatic carbocycles. The number of hydrogen-bond donors (Lipinski definition) is 1. The summed E-state index contributed by atoms with van der Waals surface area (Å²) in [4.78, 5) is 5.84. The van der Waals surface area contributed by atoms with E-state index >= 15 is 0 Å². The number of nitrogens with one attached hydrogen (secondary N) is 1. The van der Waals surface area contributed by atoms with Gasteiger partial charge in [0.15, 0.2) is 0 Å². The van der Waals surface area contributed by atoms with Gasteiger partial charge in [-0.2, -0.15) is 0 Å². The molecular formula is C21H28N2S. The van der Waals surface area contributed by atoms with Gasteiger partial charge in [-0.05, 0) is 55.7 Å². The van der Waals surface area contributed by atoms with E-state index in [1.165, 1.54) is 53.1 Å². The zero-order chi connectivity index (χ0) is 16.8. The molecule has 128 valence electrons. The third-order valence-corrected chi connectivity index (χ3v) is 5.75. The van der Waals surface area contributed by atoms with Crippen LogP contribution in [0.2, 0.25) is 0 Å². The van der Waals surface area contributed by atoms with E-state index in [1.54, 1.807) is 16.9 Å². The molecule has 0 fully saturated rings. The highest BCUT2D eigenvalue weighted by molar-refractivity contribution is 7.15. The molecule has 2 nitrogen and oxygen atoms in total. The quantitative estimate of drug-likeness (QED) is 0.500. The molecule has 0 saturated carbocycles. The molecule has 1 N–H and O–H groups in total. The average molecular weight is 341 g/mol. The van der Waals surface area contributed by atoms with Gasteiger partial charge in [0.25, 0.3) is 0 Å². The highest BCUT2D eigenvalue weighted by atomic mass is 32.1. The molecule has 0 aliphatic heterocycles. The summed E-state index contributed by atoms with van der Waals surface area (Å²) < 4.78 is 0. The van der Waals surface area contributed by atoms with Gasteiger partial charge in [-0.3, -0.25) is 0 Å². The zero-order valence-electron chi connectivity index (χ0n) is 14.8. The minimum absolute atomic E-state index is 0.583. The molecule has 3 heteroatoms. The second kappa shape index (κ2) is 8.59. The number of benzene rings is 1. The monoisotopic (exact) mass is 340 g/mol. The summed E-state index contributed by atoms with van der Waals surface area (Å²) in [5.74, 6) is 0.583. The topological polar surface area (TPSA) is 24.9 Å². The van der Waals surface area contributed by atoms with Gasteiger partial charge in [-0.25, -0.2) is 4.98 Å². The molecular weight excluding hydrogens is 312 g/mol. The summed E-state index contributed by atoms with van der Waals surface area (Å²) in [6, 6.07) is 8.90. The van der Waals surface area contributed by atoms with Gasteiger partial charge in [-0.1, -0.05) is 49.8 Å². The highest BCUT2D eigenvalue weighted by Crippen LogP contribution is 2.27. The predicted molar refractivity (Wildman–Crippen MR) is 105 cm³/mol. The lowest BCUT2D eigenvalue weighted by Crippen LogP contribution is -2.15. The molecule has 1 aliphatic rings. The molecule has 0 atom stereocenters. The van der Waals surface area contributed by atoms with Crippen molar-refractivity contribution < 1.29 is 0 Å². The van der Waals surface area contributed by atoms with E-state index in [4.69, 9.17) is 0 Å². The Morgan fingerprint density at radius 3 is 2.71 bits per heavy atom. The first-order valence-electron chi connectivity index (χ1n) is 9.16. The van der Waals surface area contributed by atoms with Crippen LogP contribution in [-0.4, -0.2) is 11.5 Å². The molecule has 24 heavy (non-hydrogen) atoms. The van der Waals surface area contributed by atoms with Crippen LogP contribution >= 0.6 is 11.3 Å².